The van der Waals surface area contributed by atoms with Crippen LogP contribution in [-0.2, 0) is 4.79 Å². The van der Waals surface area contributed by atoms with Crippen molar-refractivity contribution in [3.05, 3.63) is 29.0 Å². The second-order valence-electron chi connectivity index (χ2n) is 4.57. The molecular formula is C14H19ClFNO3. The minimum Gasteiger partial charge on any atom is -0.484 e. The molecular weight excluding hydrogens is 285 g/mol. The fourth-order valence-electron chi connectivity index (χ4n) is 1.53. The van der Waals surface area contributed by atoms with Crippen molar-refractivity contribution in [2.24, 2.45) is 0 Å². The molecule has 0 bridgehead atoms. The van der Waals surface area contributed by atoms with E-state index in [2.05, 4.69) is 5.32 Å². The van der Waals surface area contributed by atoms with Crippen LogP contribution in [0.5, 0.6) is 5.75 Å². The van der Waals surface area contributed by atoms with Crippen molar-refractivity contribution in [1.29, 1.82) is 0 Å². The van der Waals surface area contributed by atoms with Crippen molar-refractivity contribution in [2.45, 2.75) is 32.3 Å². The van der Waals surface area contributed by atoms with Crippen LogP contribution in [0.25, 0.3) is 0 Å². The topological polar surface area (TPSA) is 58.6 Å². The number of ether oxygens (including phenoxy) is 1. The molecule has 1 aromatic rings. The molecule has 0 aromatic heterocycles. The molecule has 0 fully saturated rings. The number of hydrogen-bond donors (Lipinski definition) is 2. The van der Waals surface area contributed by atoms with Crippen LogP contribution in [0.2, 0.25) is 5.02 Å². The van der Waals surface area contributed by atoms with Crippen LogP contribution in [0.4, 0.5) is 4.39 Å². The first-order valence-corrected chi connectivity index (χ1v) is 6.85. The molecule has 0 spiro atoms. The van der Waals surface area contributed by atoms with Gasteiger partial charge in [-0.3, -0.25) is 4.79 Å². The van der Waals surface area contributed by atoms with Crippen molar-refractivity contribution >= 4 is 17.5 Å². The van der Waals surface area contributed by atoms with E-state index in [1.807, 2.05) is 13.8 Å². The number of nitrogens with one attached hydrogen (secondary N) is 1. The first-order valence-electron chi connectivity index (χ1n) is 6.47. The molecule has 0 saturated carbocycles. The Hall–Kier alpha value is -1.33. The molecule has 0 aliphatic heterocycles. The Morgan fingerprint density at radius 3 is 2.65 bits per heavy atom. The summed E-state index contributed by atoms with van der Waals surface area (Å²) >= 11 is 5.60. The Morgan fingerprint density at radius 1 is 1.45 bits per heavy atom. The third-order valence-corrected chi connectivity index (χ3v) is 3.48. The predicted molar refractivity (Wildman–Crippen MR) is 75.4 cm³/mol. The molecule has 0 atom stereocenters. The molecule has 0 aliphatic carbocycles. The summed E-state index contributed by atoms with van der Waals surface area (Å²) < 4.78 is 18.1. The van der Waals surface area contributed by atoms with Crippen LogP contribution in [0, 0.1) is 5.82 Å². The Labute approximate surface area is 122 Å². The van der Waals surface area contributed by atoms with Crippen LogP contribution >= 0.6 is 11.6 Å². The van der Waals surface area contributed by atoms with E-state index >= 15 is 0 Å². The molecule has 1 rings (SSSR count). The quantitative estimate of drug-likeness (QED) is 0.814. The fraction of sp³-hybridized carbons (Fsp3) is 0.500. The van der Waals surface area contributed by atoms with Gasteiger partial charge in [0.15, 0.2) is 6.61 Å². The Kier molecular flexibility index (Phi) is 6.23. The third-order valence-electron chi connectivity index (χ3n) is 3.19. The van der Waals surface area contributed by atoms with Crippen LogP contribution in [0.1, 0.15) is 26.7 Å². The van der Waals surface area contributed by atoms with E-state index in [-0.39, 0.29) is 24.1 Å². The van der Waals surface area contributed by atoms with Gasteiger partial charge in [0, 0.05) is 12.6 Å². The monoisotopic (exact) mass is 303 g/mol. The largest absolute Gasteiger partial charge is 0.484 e. The summed E-state index contributed by atoms with van der Waals surface area (Å²) in [5.74, 6) is -0.585. The predicted octanol–water partition coefficient (Wildman–Crippen LogP) is 2.53. The molecule has 6 heteroatoms. The lowest BCUT2D eigenvalue weighted by atomic mass is 9.98. The maximum absolute atomic E-state index is 12.9. The summed E-state index contributed by atoms with van der Waals surface area (Å²) in [6, 6.07) is 3.87. The summed E-state index contributed by atoms with van der Waals surface area (Å²) in [5, 5.41) is 12.6. The molecule has 1 amide bonds. The lowest BCUT2D eigenvalue weighted by Gasteiger charge is -2.25. The highest BCUT2D eigenvalue weighted by Gasteiger charge is 2.22. The third kappa shape index (κ3) is 4.98. The van der Waals surface area contributed by atoms with E-state index in [1.54, 1.807) is 0 Å². The lowest BCUT2D eigenvalue weighted by Crippen LogP contribution is -2.43. The average Bonchev–Trinajstić information content (AvgIpc) is 2.46. The summed E-state index contributed by atoms with van der Waals surface area (Å²) in [5.41, 5.74) is -0.894. The van der Waals surface area contributed by atoms with Gasteiger partial charge in [-0.1, -0.05) is 25.4 Å². The van der Waals surface area contributed by atoms with Gasteiger partial charge in [0.2, 0.25) is 0 Å². The number of benzene rings is 1. The second kappa shape index (κ2) is 7.45. The van der Waals surface area contributed by atoms with Crippen molar-refractivity contribution in [3.8, 4) is 5.75 Å². The normalized spacial score (nSPS) is 11.2. The van der Waals surface area contributed by atoms with Crippen LogP contribution in [-0.4, -0.2) is 29.8 Å². The number of aliphatic hydroxyl groups is 1. The van der Waals surface area contributed by atoms with E-state index < -0.39 is 11.4 Å². The highest BCUT2D eigenvalue weighted by atomic mass is 35.5. The SMILES string of the molecule is CCC(O)(CC)CNC(=O)COc1ccc(F)c(Cl)c1. The van der Waals surface area contributed by atoms with Crippen molar-refractivity contribution < 1.29 is 19.0 Å². The van der Waals surface area contributed by atoms with Crippen molar-refractivity contribution in [2.75, 3.05) is 13.2 Å². The first kappa shape index (κ1) is 16.7. The Balaban J connectivity index is 2.42. The molecule has 0 saturated heterocycles. The summed E-state index contributed by atoms with van der Waals surface area (Å²) in [6.07, 6.45) is 1.11. The van der Waals surface area contributed by atoms with Gasteiger partial charge in [0.05, 0.1) is 10.6 Å². The summed E-state index contributed by atoms with van der Waals surface area (Å²) in [6.45, 7) is 3.66. The summed E-state index contributed by atoms with van der Waals surface area (Å²) in [4.78, 5) is 11.6. The highest BCUT2D eigenvalue weighted by molar-refractivity contribution is 6.30. The van der Waals surface area contributed by atoms with E-state index in [4.69, 9.17) is 16.3 Å². The highest BCUT2D eigenvalue weighted by Crippen LogP contribution is 2.21. The summed E-state index contributed by atoms with van der Waals surface area (Å²) in [7, 11) is 0. The van der Waals surface area contributed by atoms with E-state index in [9.17, 15) is 14.3 Å². The van der Waals surface area contributed by atoms with E-state index in [0.29, 0.717) is 18.6 Å². The number of halogens is 2. The maximum Gasteiger partial charge on any atom is 0.258 e. The van der Waals surface area contributed by atoms with Gasteiger partial charge in [0.25, 0.3) is 5.91 Å². The van der Waals surface area contributed by atoms with E-state index in [1.165, 1.54) is 18.2 Å². The molecule has 4 nitrogen and oxygen atoms in total. The molecule has 0 unspecified atom stereocenters. The van der Waals surface area contributed by atoms with Gasteiger partial charge in [0.1, 0.15) is 11.6 Å². The molecule has 112 valence electrons. The number of rotatable bonds is 7. The van der Waals surface area contributed by atoms with Gasteiger partial charge >= 0.3 is 0 Å². The molecule has 0 radical (unpaired) electrons. The zero-order valence-corrected chi connectivity index (χ0v) is 12.3. The minimum absolute atomic E-state index is 0.0609. The Morgan fingerprint density at radius 2 is 2.10 bits per heavy atom. The van der Waals surface area contributed by atoms with Crippen molar-refractivity contribution in [1.82, 2.24) is 5.32 Å². The van der Waals surface area contributed by atoms with Crippen LogP contribution in [0.3, 0.4) is 0 Å². The number of carbonyl (C=O) groups is 1. The van der Waals surface area contributed by atoms with Gasteiger partial charge in [-0.05, 0) is 25.0 Å². The standard InChI is InChI=1S/C14H19ClFNO3/c1-3-14(19,4-2)9-17-13(18)8-20-10-5-6-12(16)11(15)7-10/h5-7,19H,3-4,8-9H2,1-2H3,(H,17,18). The van der Waals surface area contributed by atoms with Gasteiger partial charge < -0.3 is 15.2 Å². The molecule has 2 N–H and O–H groups in total. The zero-order chi connectivity index (χ0) is 15.2. The minimum atomic E-state index is -0.894. The molecule has 20 heavy (non-hydrogen) atoms. The van der Waals surface area contributed by atoms with Crippen molar-refractivity contribution in [3.63, 3.8) is 0 Å². The smallest absolute Gasteiger partial charge is 0.258 e. The fourth-order valence-corrected chi connectivity index (χ4v) is 1.70. The number of carbonyl (C=O) groups excluding carboxylic acids is 1. The zero-order valence-electron chi connectivity index (χ0n) is 11.6. The van der Waals surface area contributed by atoms with Crippen LogP contribution in [0.15, 0.2) is 18.2 Å². The maximum atomic E-state index is 12.9. The number of hydrogen-bond acceptors (Lipinski definition) is 3. The number of amides is 1. The van der Waals surface area contributed by atoms with Gasteiger partial charge in [-0.25, -0.2) is 4.39 Å². The second-order valence-corrected chi connectivity index (χ2v) is 4.98. The van der Waals surface area contributed by atoms with Crippen LogP contribution < -0.4 is 10.1 Å². The van der Waals surface area contributed by atoms with Gasteiger partial charge in [-0.2, -0.15) is 0 Å². The average molecular weight is 304 g/mol. The molecule has 0 heterocycles. The Bertz CT molecular complexity index is 464. The first-order chi connectivity index (χ1) is 9.40. The molecule has 1 aromatic carbocycles. The molecule has 0 aliphatic rings. The van der Waals surface area contributed by atoms with Gasteiger partial charge in [-0.15, -0.1) is 0 Å². The lowest BCUT2D eigenvalue weighted by molar-refractivity contribution is -0.124. The van der Waals surface area contributed by atoms with E-state index in [0.717, 1.165) is 0 Å².